The van der Waals surface area contributed by atoms with E-state index in [1.807, 2.05) is 54.7 Å². The van der Waals surface area contributed by atoms with Gasteiger partial charge in [-0.1, -0.05) is 48.5 Å². The molecule has 0 unspecified atom stereocenters. The van der Waals surface area contributed by atoms with Gasteiger partial charge in [0.2, 0.25) is 0 Å². The topological polar surface area (TPSA) is 46.0 Å². The average Bonchev–Trinajstić information content (AvgIpc) is 2.73. The summed E-state index contributed by atoms with van der Waals surface area (Å²) < 4.78 is 0. The first kappa shape index (κ1) is 15.5. The van der Waals surface area contributed by atoms with Crippen molar-refractivity contribution >= 4 is 21.8 Å². The molecule has 0 aliphatic heterocycles. The van der Waals surface area contributed by atoms with Crippen LogP contribution in [-0.2, 0) is 0 Å². The molecule has 0 atom stereocenters. The van der Waals surface area contributed by atoms with E-state index in [2.05, 4.69) is 29.2 Å². The molecule has 0 aliphatic carbocycles. The normalized spacial score (nSPS) is 11.1. The van der Waals surface area contributed by atoms with Crippen molar-refractivity contribution in [2.24, 2.45) is 0 Å². The van der Waals surface area contributed by atoms with Gasteiger partial charge < -0.3 is 5.11 Å². The van der Waals surface area contributed by atoms with Gasteiger partial charge in [-0.2, -0.15) is 0 Å². The van der Waals surface area contributed by atoms with Crippen LogP contribution in [0.4, 0.5) is 0 Å². The van der Waals surface area contributed by atoms with Gasteiger partial charge in [0.1, 0.15) is 5.75 Å². The number of fused-ring (bicyclic) bond motifs is 3. The zero-order valence-corrected chi connectivity index (χ0v) is 14.5. The first-order chi connectivity index (χ1) is 13.3. The Kier molecular flexibility index (Phi) is 3.58. The van der Waals surface area contributed by atoms with E-state index in [9.17, 15) is 5.11 Å². The maximum Gasteiger partial charge on any atom is 0.116 e. The third-order valence-electron chi connectivity index (χ3n) is 4.78. The molecular formula is C24H16N2O. The Morgan fingerprint density at radius 2 is 1.48 bits per heavy atom. The largest absolute Gasteiger partial charge is 0.508 e. The van der Waals surface area contributed by atoms with Gasteiger partial charge in [0.05, 0.1) is 16.7 Å². The first-order valence-corrected chi connectivity index (χ1v) is 8.83. The van der Waals surface area contributed by atoms with Crippen LogP contribution in [0.25, 0.3) is 44.2 Å². The van der Waals surface area contributed by atoms with Crippen LogP contribution >= 0.6 is 0 Å². The van der Waals surface area contributed by atoms with E-state index < -0.39 is 0 Å². The van der Waals surface area contributed by atoms with Crippen molar-refractivity contribution in [1.82, 2.24) is 9.97 Å². The molecule has 0 saturated carbocycles. The van der Waals surface area contributed by atoms with Crippen molar-refractivity contribution in [3.8, 4) is 28.1 Å². The lowest BCUT2D eigenvalue weighted by Crippen LogP contribution is -1.92. The van der Waals surface area contributed by atoms with Crippen molar-refractivity contribution in [2.75, 3.05) is 0 Å². The maximum absolute atomic E-state index is 9.88. The third kappa shape index (κ3) is 2.70. The van der Waals surface area contributed by atoms with Crippen LogP contribution in [0.15, 0.2) is 91.1 Å². The van der Waals surface area contributed by atoms with Gasteiger partial charge >= 0.3 is 0 Å². The van der Waals surface area contributed by atoms with Gasteiger partial charge in [-0.3, -0.25) is 4.98 Å². The molecule has 1 N–H and O–H groups in total. The Bertz CT molecular complexity index is 1280. The van der Waals surface area contributed by atoms with Gasteiger partial charge in [-0.05, 0) is 47.5 Å². The Hall–Kier alpha value is -3.72. The fraction of sp³-hybridized carbons (Fsp3) is 0. The van der Waals surface area contributed by atoms with Crippen molar-refractivity contribution in [3.05, 3.63) is 91.1 Å². The number of hydrogen-bond donors (Lipinski definition) is 1. The highest BCUT2D eigenvalue weighted by Gasteiger charge is 2.13. The highest BCUT2D eigenvalue weighted by Crippen LogP contribution is 2.36. The lowest BCUT2D eigenvalue weighted by molar-refractivity contribution is 0.475. The number of pyridine rings is 2. The Labute approximate surface area is 156 Å². The highest BCUT2D eigenvalue weighted by molar-refractivity contribution is 6.12. The fourth-order valence-corrected chi connectivity index (χ4v) is 3.55. The molecular weight excluding hydrogens is 332 g/mol. The Morgan fingerprint density at radius 3 is 2.33 bits per heavy atom. The van der Waals surface area contributed by atoms with Crippen LogP contribution in [0.2, 0.25) is 0 Å². The number of rotatable bonds is 2. The minimum Gasteiger partial charge on any atom is -0.508 e. The van der Waals surface area contributed by atoms with Crippen LogP contribution in [0.3, 0.4) is 0 Å². The lowest BCUT2D eigenvalue weighted by atomic mass is 9.96. The predicted molar refractivity (Wildman–Crippen MR) is 110 cm³/mol. The molecule has 0 fully saturated rings. The predicted octanol–water partition coefficient (Wildman–Crippen LogP) is 5.82. The second-order valence-electron chi connectivity index (χ2n) is 6.50. The molecule has 3 heteroatoms. The zero-order valence-electron chi connectivity index (χ0n) is 14.5. The smallest absolute Gasteiger partial charge is 0.116 e. The summed E-state index contributed by atoms with van der Waals surface area (Å²) in [7, 11) is 0. The molecule has 5 aromatic rings. The SMILES string of the molecule is Oc1cccc(-c2cc(-c3ccccc3)c3c(ccc4ncccc43)n2)c1. The summed E-state index contributed by atoms with van der Waals surface area (Å²) in [5.41, 5.74) is 5.82. The molecule has 3 nitrogen and oxygen atoms in total. The molecule has 27 heavy (non-hydrogen) atoms. The number of hydrogen-bond acceptors (Lipinski definition) is 3. The summed E-state index contributed by atoms with van der Waals surface area (Å²) in [6.07, 6.45) is 1.81. The van der Waals surface area contributed by atoms with Crippen LogP contribution in [0.1, 0.15) is 0 Å². The summed E-state index contributed by atoms with van der Waals surface area (Å²) in [5.74, 6) is 0.235. The van der Waals surface area contributed by atoms with Crippen LogP contribution in [0, 0.1) is 0 Å². The van der Waals surface area contributed by atoms with E-state index in [-0.39, 0.29) is 5.75 Å². The van der Waals surface area contributed by atoms with Gasteiger partial charge in [-0.25, -0.2) is 4.98 Å². The minimum absolute atomic E-state index is 0.235. The average molecular weight is 348 g/mol. The molecule has 2 heterocycles. The monoisotopic (exact) mass is 348 g/mol. The molecule has 0 aliphatic rings. The third-order valence-corrected chi connectivity index (χ3v) is 4.78. The molecule has 3 aromatic carbocycles. The molecule has 0 amide bonds. The summed E-state index contributed by atoms with van der Waals surface area (Å²) in [6, 6.07) is 27.7. The molecule has 0 spiro atoms. The van der Waals surface area contributed by atoms with E-state index in [1.165, 1.54) is 0 Å². The number of phenolic OH excluding ortho intramolecular Hbond substituents is 1. The molecule has 2 aromatic heterocycles. The van der Waals surface area contributed by atoms with Crippen molar-refractivity contribution < 1.29 is 5.11 Å². The first-order valence-electron chi connectivity index (χ1n) is 8.83. The van der Waals surface area contributed by atoms with E-state index in [0.717, 1.165) is 44.2 Å². The highest BCUT2D eigenvalue weighted by atomic mass is 16.3. The van der Waals surface area contributed by atoms with E-state index in [1.54, 1.807) is 12.1 Å². The second-order valence-corrected chi connectivity index (χ2v) is 6.50. The van der Waals surface area contributed by atoms with Crippen molar-refractivity contribution in [2.45, 2.75) is 0 Å². The van der Waals surface area contributed by atoms with Crippen LogP contribution in [0.5, 0.6) is 5.75 Å². The number of aromatic hydroxyl groups is 1. The van der Waals surface area contributed by atoms with Gasteiger partial charge in [0.15, 0.2) is 0 Å². The molecule has 128 valence electrons. The molecule has 5 rings (SSSR count). The fourth-order valence-electron chi connectivity index (χ4n) is 3.55. The van der Waals surface area contributed by atoms with Gasteiger partial charge in [0, 0.05) is 22.5 Å². The quantitative estimate of drug-likeness (QED) is 0.409. The lowest BCUT2D eigenvalue weighted by Gasteiger charge is -2.12. The Morgan fingerprint density at radius 1 is 0.667 bits per heavy atom. The maximum atomic E-state index is 9.88. The molecule has 0 radical (unpaired) electrons. The minimum atomic E-state index is 0.235. The summed E-state index contributed by atoms with van der Waals surface area (Å²) in [5, 5.41) is 12.1. The Balaban J connectivity index is 1.90. The number of nitrogens with zero attached hydrogens (tertiary/aromatic N) is 2. The molecule has 0 bridgehead atoms. The summed E-state index contributed by atoms with van der Waals surface area (Å²) in [6.45, 7) is 0. The van der Waals surface area contributed by atoms with Crippen LogP contribution in [-0.4, -0.2) is 15.1 Å². The number of aromatic nitrogens is 2. The van der Waals surface area contributed by atoms with Crippen molar-refractivity contribution in [3.63, 3.8) is 0 Å². The summed E-state index contributed by atoms with van der Waals surface area (Å²) >= 11 is 0. The van der Waals surface area contributed by atoms with Gasteiger partial charge in [0.25, 0.3) is 0 Å². The van der Waals surface area contributed by atoms with Gasteiger partial charge in [-0.15, -0.1) is 0 Å². The number of benzene rings is 3. The number of phenols is 1. The van der Waals surface area contributed by atoms with E-state index in [4.69, 9.17) is 4.98 Å². The summed E-state index contributed by atoms with van der Waals surface area (Å²) in [4.78, 5) is 9.38. The zero-order chi connectivity index (χ0) is 18.2. The molecule has 0 saturated heterocycles. The van der Waals surface area contributed by atoms with Crippen LogP contribution < -0.4 is 0 Å². The van der Waals surface area contributed by atoms with Crippen molar-refractivity contribution in [1.29, 1.82) is 0 Å². The standard InChI is InChI=1S/C24H16N2O/c27-18-9-4-8-17(14-18)23-15-20(16-6-2-1-3-7-16)24-19-10-5-13-25-21(19)11-12-22(24)26-23/h1-15,27H. The van der Waals surface area contributed by atoms with E-state index >= 15 is 0 Å². The second kappa shape index (κ2) is 6.22. The van der Waals surface area contributed by atoms with E-state index in [0.29, 0.717) is 0 Å².